The second-order valence-corrected chi connectivity index (χ2v) is 4.58. The lowest BCUT2D eigenvalue weighted by molar-refractivity contribution is -0.144. The second-order valence-electron chi connectivity index (χ2n) is 4.58. The van der Waals surface area contributed by atoms with E-state index in [0.29, 0.717) is 6.61 Å². The third-order valence-electron chi connectivity index (χ3n) is 3.16. The van der Waals surface area contributed by atoms with Crippen molar-refractivity contribution in [2.24, 2.45) is 0 Å². The zero-order valence-electron chi connectivity index (χ0n) is 11.1. The maximum absolute atomic E-state index is 11.7. The van der Waals surface area contributed by atoms with Crippen LogP contribution >= 0.6 is 0 Å². The van der Waals surface area contributed by atoms with Gasteiger partial charge in [0.05, 0.1) is 12.5 Å². The number of rotatable bonds is 3. The van der Waals surface area contributed by atoms with Gasteiger partial charge in [-0.1, -0.05) is 42.0 Å². The van der Waals surface area contributed by atoms with E-state index in [0.717, 1.165) is 10.9 Å². The van der Waals surface area contributed by atoms with Crippen molar-refractivity contribution in [2.45, 2.75) is 26.7 Å². The molecule has 0 heterocycles. The first-order chi connectivity index (χ1) is 8.61. The van der Waals surface area contributed by atoms with Crippen LogP contribution in [0, 0.1) is 6.92 Å². The molecule has 94 valence electrons. The van der Waals surface area contributed by atoms with Crippen LogP contribution in [-0.2, 0) is 9.53 Å². The molecule has 1 unspecified atom stereocenters. The van der Waals surface area contributed by atoms with Crippen molar-refractivity contribution < 1.29 is 9.53 Å². The van der Waals surface area contributed by atoms with Crippen LogP contribution in [0.4, 0.5) is 0 Å². The van der Waals surface area contributed by atoms with Crippen LogP contribution in [0.2, 0.25) is 0 Å². The SMILES string of the molecule is CCOC(=O)C(C)c1ccc2cc(C)ccc2c1. The summed E-state index contributed by atoms with van der Waals surface area (Å²) in [6, 6.07) is 12.5. The molecule has 0 aliphatic heterocycles. The molecule has 2 nitrogen and oxygen atoms in total. The van der Waals surface area contributed by atoms with E-state index in [9.17, 15) is 4.79 Å². The maximum Gasteiger partial charge on any atom is 0.313 e. The van der Waals surface area contributed by atoms with Crippen molar-refractivity contribution in [2.75, 3.05) is 6.61 Å². The van der Waals surface area contributed by atoms with Crippen LogP contribution in [0.15, 0.2) is 36.4 Å². The van der Waals surface area contributed by atoms with Gasteiger partial charge in [-0.3, -0.25) is 4.79 Å². The molecule has 0 aliphatic rings. The fourth-order valence-corrected chi connectivity index (χ4v) is 2.06. The van der Waals surface area contributed by atoms with Gasteiger partial charge in [0, 0.05) is 0 Å². The molecule has 18 heavy (non-hydrogen) atoms. The smallest absolute Gasteiger partial charge is 0.313 e. The minimum Gasteiger partial charge on any atom is -0.466 e. The second kappa shape index (κ2) is 5.21. The molecular weight excluding hydrogens is 224 g/mol. The van der Waals surface area contributed by atoms with Gasteiger partial charge >= 0.3 is 5.97 Å². The molecule has 0 N–H and O–H groups in total. The van der Waals surface area contributed by atoms with Gasteiger partial charge in [0.25, 0.3) is 0 Å². The summed E-state index contributed by atoms with van der Waals surface area (Å²) in [5, 5.41) is 2.36. The third-order valence-corrected chi connectivity index (χ3v) is 3.16. The molecule has 1 atom stereocenters. The average molecular weight is 242 g/mol. The van der Waals surface area contributed by atoms with Crippen LogP contribution in [0.5, 0.6) is 0 Å². The van der Waals surface area contributed by atoms with Gasteiger partial charge in [0.1, 0.15) is 0 Å². The number of hydrogen-bond acceptors (Lipinski definition) is 2. The number of hydrogen-bond donors (Lipinski definition) is 0. The lowest BCUT2D eigenvalue weighted by atomic mass is 9.97. The van der Waals surface area contributed by atoms with Crippen molar-refractivity contribution in [1.82, 2.24) is 0 Å². The fourth-order valence-electron chi connectivity index (χ4n) is 2.06. The lowest BCUT2D eigenvalue weighted by Crippen LogP contribution is -2.12. The van der Waals surface area contributed by atoms with E-state index in [4.69, 9.17) is 4.74 Å². The van der Waals surface area contributed by atoms with E-state index in [1.54, 1.807) is 0 Å². The monoisotopic (exact) mass is 242 g/mol. The first kappa shape index (κ1) is 12.6. The minimum atomic E-state index is -0.212. The highest BCUT2D eigenvalue weighted by Gasteiger charge is 2.16. The number of esters is 1. The third kappa shape index (κ3) is 2.53. The number of benzene rings is 2. The number of carbonyl (C=O) groups excluding carboxylic acids is 1. The van der Waals surface area contributed by atoms with E-state index in [1.807, 2.05) is 19.9 Å². The highest BCUT2D eigenvalue weighted by molar-refractivity contribution is 5.86. The van der Waals surface area contributed by atoms with Gasteiger partial charge in [-0.15, -0.1) is 0 Å². The molecule has 0 bridgehead atoms. The van der Waals surface area contributed by atoms with Crippen LogP contribution in [0.1, 0.15) is 30.9 Å². The van der Waals surface area contributed by atoms with Gasteiger partial charge in [-0.25, -0.2) is 0 Å². The topological polar surface area (TPSA) is 26.3 Å². The molecule has 2 aromatic carbocycles. The zero-order valence-corrected chi connectivity index (χ0v) is 11.1. The van der Waals surface area contributed by atoms with Crippen LogP contribution in [0.25, 0.3) is 10.8 Å². The molecule has 2 aromatic rings. The Kier molecular flexibility index (Phi) is 3.66. The summed E-state index contributed by atoms with van der Waals surface area (Å²) in [5.74, 6) is -0.375. The zero-order chi connectivity index (χ0) is 13.1. The summed E-state index contributed by atoms with van der Waals surface area (Å²) < 4.78 is 5.05. The van der Waals surface area contributed by atoms with Crippen molar-refractivity contribution >= 4 is 16.7 Å². The predicted octanol–water partition coefficient (Wildman–Crippen LogP) is 3.81. The van der Waals surface area contributed by atoms with Crippen molar-refractivity contribution in [3.8, 4) is 0 Å². The fraction of sp³-hybridized carbons (Fsp3) is 0.312. The Balaban J connectivity index is 2.35. The van der Waals surface area contributed by atoms with Gasteiger partial charge in [0.15, 0.2) is 0 Å². The van der Waals surface area contributed by atoms with E-state index in [1.165, 1.54) is 10.9 Å². The standard InChI is InChI=1S/C16H18O2/c1-4-18-16(17)12(3)13-7-8-14-9-11(2)5-6-15(14)10-13/h5-10,12H,4H2,1-3H3. The largest absolute Gasteiger partial charge is 0.466 e. The maximum atomic E-state index is 11.7. The van der Waals surface area contributed by atoms with E-state index >= 15 is 0 Å². The molecule has 0 aliphatic carbocycles. The molecular formula is C16H18O2. The summed E-state index contributed by atoms with van der Waals surface area (Å²) in [4.78, 5) is 11.7. The van der Waals surface area contributed by atoms with E-state index < -0.39 is 0 Å². The normalized spacial score (nSPS) is 12.4. The molecule has 2 rings (SSSR count). The first-order valence-corrected chi connectivity index (χ1v) is 6.28. The number of ether oxygens (including phenoxy) is 1. The number of fused-ring (bicyclic) bond motifs is 1. The molecule has 0 saturated heterocycles. The Morgan fingerprint density at radius 2 is 1.83 bits per heavy atom. The van der Waals surface area contributed by atoms with Gasteiger partial charge < -0.3 is 4.74 Å². The Morgan fingerprint density at radius 3 is 2.56 bits per heavy atom. The highest BCUT2D eigenvalue weighted by atomic mass is 16.5. The summed E-state index contributed by atoms with van der Waals surface area (Å²) in [6.07, 6.45) is 0. The number of aryl methyl sites for hydroxylation is 1. The number of carbonyl (C=O) groups is 1. The van der Waals surface area contributed by atoms with Gasteiger partial charge in [0.2, 0.25) is 0 Å². The Morgan fingerprint density at radius 1 is 1.17 bits per heavy atom. The molecule has 0 spiro atoms. The average Bonchev–Trinajstić information content (AvgIpc) is 2.37. The molecule has 0 amide bonds. The van der Waals surface area contributed by atoms with E-state index in [2.05, 4.69) is 37.3 Å². The Bertz CT molecular complexity index is 572. The first-order valence-electron chi connectivity index (χ1n) is 6.28. The summed E-state index contributed by atoms with van der Waals surface area (Å²) in [6.45, 7) is 6.21. The quantitative estimate of drug-likeness (QED) is 0.765. The summed E-state index contributed by atoms with van der Waals surface area (Å²) in [7, 11) is 0. The molecule has 0 radical (unpaired) electrons. The summed E-state index contributed by atoms with van der Waals surface area (Å²) >= 11 is 0. The van der Waals surface area contributed by atoms with Crippen molar-refractivity contribution in [3.05, 3.63) is 47.5 Å². The Hall–Kier alpha value is -1.83. The summed E-state index contributed by atoms with van der Waals surface area (Å²) in [5.41, 5.74) is 2.25. The van der Waals surface area contributed by atoms with Crippen molar-refractivity contribution in [3.63, 3.8) is 0 Å². The van der Waals surface area contributed by atoms with Crippen LogP contribution in [0.3, 0.4) is 0 Å². The predicted molar refractivity (Wildman–Crippen MR) is 73.7 cm³/mol. The minimum absolute atomic E-state index is 0.163. The Labute approximate surface area is 108 Å². The van der Waals surface area contributed by atoms with Crippen LogP contribution < -0.4 is 0 Å². The van der Waals surface area contributed by atoms with E-state index in [-0.39, 0.29) is 11.9 Å². The van der Waals surface area contributed by atoms with Crippen molar-refractivity contribution in [1.29, 1.82) is 0 Å². The van der Waals surface area contributed by atoms with Gasteiger partial charge in [-0.05, 0) is 37.1 Å². The lowest BCUT2D eigenvalue weighted by Gasteiger charge is -2.11. The molecule has 0 fully saturated rings. The molecule has 0 saturated carbocycles. The van der Waals surface area contributed by atoms with Crippen LogP contribution in [-0.4, -0.2) is 12.6 Å². The molecule has 2 heteroatoms. The molecule has 0 aromatic heterocycles. The van der Waals surface area contributed by atoms with Gasteiger partial charge in [-0.2, -0.15) is 0 Å². The highest BCUT2D eigenvalue weighted by Crippen LogP contribution is 2.23.